The standard InChI is InChI=1S/C10H16N2OS/c1-4-7(2)10-11-8(6-13-3)5-9(14)12-10/h5,7H,4,6H2,1-3H3,(H,11,12,14). The lowest BCUT2D eigenvalue weighted by atomic mass is 10.1. The number of H-pyrrole nitrogens is 1. The lowest BCUT2D eigenvalue weighted by Gasteiger charge is -2.09. The van der Waals surface area contributed by atoms with Crippen LogP contribution < -0.4 is 0 Å². The zero-order chi connectivity index (χ0) is 10.6. The molecule has 1 rings (SSSR count). The van der Waals surface area contributed by atoms with Crippen molar-refractivity contribution in [2.24, 2.45) is 0 Å². The molecule has 1 atom stereocenters. The van der Waals surface area contributed by atoms with E-state index >= 15 is 0 Å². The normalized spacial score (nSPS) is 12.8. The molecule has 1 heterocycles. The zero-order valence-corrected chi connectivity index (χ0v) is 9.65. The lowest BCUT2D eigenvalue weighted by Crippen LogP contribution is -2.04. The van der Waals surface area contributed by atoms with E-state index in [4.69, 9.17) is 17.0 Å². The minimum atomic E-state index is 0.411. The SMILES string of the molecule is CCC(C)c1nc(=S)cc(COC)[nH]1. The Kier molecular flexibility index (Phi) is 4.22. The van der Waals surface area contributed by atoms with E-state index in [0.29, 0.717) is 17.2 Å². The summed E-state index contributed by atoms with van der Waals surface area (Å²) in [5.41, 5.74) is 0.989. The monoisotopic (exact) mass is 212 g/mol. The van der Waals surface area contributed by atoms with Gasteiger partial charge in [0.1, 0.15) is 10.5 Å². The highest BCUT2D eigenvalue weighted by Crippen LogP contribution is 2.14. The molecule has 0 aromatic carbocycles. The van der Waals surface area contributed by atoms with Crippen LogP contribution in [-0.4, -0.2) is 17.1 Å². The Hall–Kier alpha value is -0.740. The maximum atomic E-state index is 5.08. The van der Waals surface area contributed by atoms with Crippen LogP contribution in [0.5, 0.6) is 0 Å². The van der Waals surface area contributed by atoms with Crippen LogP contribution >= 0.6 is 12.2 Å². The summed E-state index contributed by atoms with van der Waals surface area (Å²) in [6.45, 7) is 4.81. The van der Waals surface area contributed by atoms with Gasteiger partial charge < -0.3 is 9.72 Å². The quantitative estimate of drug-likeness (QED) is 0.780. The Balaban J connectivity index is 3.00. The Morgan fingerprint density at radius 1 is 1.64 bits per heavy atom. The lowest BCUT2D eigenvalue weighted by molar-refractivity contribution is 0.181. The molecule has 1 N–H and O–H groups in total. The molecule has 78 valence electrons. The highest BCUT2D eigenvalue weighted by molar-refractivity contribution is 7.71. The van der Waals surface area contributed by atoms with Crippen molar-refractivity contribution in [3.8, 4) is 0 Å². The summed E-state index contributed by atoms with van der Waals surface area (Å²) in [5.74, 6) is 1.36. The van der Waals surface area contributed by atoms with E-state index in [2.05, 4.69) is 23.8 Å². The molecule has 0 aliphatic heterocycles. The molecule has 0 aliphatic carbocycles. The third kappa shape index (κ3) is 2.89. The average Bonchev–Trinajstić information content (AvgIpc) is 2.16. The second kappa shape index (κ2) is 5.22. The van der Waals surface area contributed by atoms with Crippen molar-refractivity contribution in [3.05, 3.63) is 22.2 Å². The maximum absolute atomic E-state index is 5.08. The number of methoxy groups -OCH3 is 1. The fourth-order valence-corrected chi connectivity index (χ4v) is 1.43. The van der Waals surface area contributed by atoms with Gasteiger partial charge in [0.15, 0.2) is 0 Å². The first-order chi connectivity index (χ1) is 6.67. The van der Waals surface area contributed by atoms with Crippen molar-refractivity contribution in [2.45, 2.75) is 32.8 Å². The van der Waals surface area contributed by atoms with Crippen molar-refractivity contribution < 1.29 is 4.74 Å². The molecule has 0 fully saturated rings. The van der Waals surface area contributed by atoms with E-state index in [1.54, 1.807) is 7.11 Å². The van der Waals surface area contributed by atoms with Crippen LogP contribution in [0.3, 0.4) is 0 Å². The molecule has 1 unspecified atom stereocenters. The van der Waals surface area contributed by atoms with Gasteiger partial charge in [-0.05, 0) is 12.5 Å². The van der Waals surface area contributed by atoms with E-state index in [-0.39, 0.29) is 0 Å². The second-order valence-corrected chi connectivity index (χ2v) is 3.79. The van der Waals surface area contributed by atoms with Crippen molar-refractivity contribution in [1.82, 2.24) is 9.97 Å². The zero-order valence-electron chi connectivity index (χ0n) is 8.83. The molecule has 0 amide bonds. The third-order valence-corrected chi connectivity index (χ3v) is 2.41. The topological polar surface area (TPSA) is 37.9 Å². The van der Waals surface area contributed by atoms with Gasteiger partial charge in [0.05, 0.1) is 6.61 Å². The number of aromatic amines is 1. The summed E-state index contributed by atoms with van der Waals surface area (Å²) in [5, 5.41) is 0. The maximum Gasteiger partial charge on any atom is 0.130 e. The van der Waals surface area contributed by atoms with Crippen molar-refractivity contribution in [2.75, 3.05) is 7.11 Å². The van der Waals surface area contributed by atoms with Crippen LogP contribution in [0.25, 0.3) is 0 Å². The van der Waals surface area contributed by atoms with Gasteiger partial charge in [0.2, 0.25) is 0 Å². The molecule has 0 radical (unpaired) electrons. The summed E-state index contributed by atoms with van der Waals surface area (Å²) in [7, 11) is 1.67. The first-order valence-corrected chi connectivity index (χ1v) is 5.17. The van der Waals surface area contributed by atoms with Crippen LogP contribution in [-0.2, 0) is 11.3 Å². The highest BCUT2D eigenvalue weighted by atomic mass is 32.1. The first-order valence-electron chi connectivity index (χ1n) is 4.76. The smallest absolute Gasteiger partial charge is 0.130 e. The molecule has 0 spiro atoms. The molecule has 14 heavy (non-hydrogen) atoms. The van der Waals surface area contributed by atoms with Gasteiger partial charge in [-0.3, -0.25) is 0 Å². The molecule has 1 aromatic rings. The number of nitrogens with zero attached hydrogens (tertiary/aromatic N) is 1. The Morgan fingerprint density at radius 2 is 2.36 bits per heavy atom. The number of ether oxygens (including phenoxy) is 1. The molecule has 3 nitrogen and oxygen atoms in total. The predicted molar refractivity (Wildman–Crippen MR) is 58.8 cm³/mol. The molecular weight excluding hydrogens is 196 g/mol. The number of hydrogen-bond acceptors (Lipinski definition) is 3. The molecule has 0 bridgehead atoms. The van der Waals surface area contributed by atoms with Gasteiger partial charge in [0, 0.05) is 18.7 Å². The van der Waals surface area contributed by atoms with Crippen molar-refractivity contribution in [3.63, 3.8) is 0 Å². The number of hydrogen-bond donors (Lipinski definition) is 1. The van der Waals surface area contributed by atoms with Crippen LogP contribution in [0.2, 0.25) is 0 Å². The van der Waals surface area contributed by atoms with Gasteiger partial charge in [0.25, 0.3) is 0 Å². The van der Waals surface area contributed by atoms with E-state index in [0.717, 1.165) is 17.9 Å². The number of rotatable bonds is 4. The highest BCUT2D eigenvalue weighted by Gasteiger charge is 2.06. The summed E-state index contributed by atoms with van der Waals surface area (Å²) in [4.78, 5) is 7.52. The minimum Gasteiger partial charge on any atom is -0.378 e. The van der Waals surface area contributed by atoms with Gasteiger partial charge in [-0.2, -0.15) is 0 Å². The Morgan fingerprint density at radius 3 is 2.93 bits per heavy atom. The van der Waals surface area contributed by atoms with E-state index in [1.807, 2.05) is 6.07 Å². The summed E-state index contributed by atoms with van der Waals surface area (Å²) < 4.78 is 5.68. The van der Waals surface area contributed by atoms with Crippen molar-refractivity contribution in [1.29, 1.82) is 0 Å². The molecule has 0 saturated heterocycles. The third-order valence-electron chi connectivity index (χ3n) is 2.20. The summed E-state index contributed by atoms with van der Waals surface area (Å²) in [6, 6.07) is 1.84. The van der Waals surface area contributed by atoms with Gasteiger partial charge in [-0.1, -0.05) is 26.1 Å². The largest absolute Gasteiger partial charge is 0.378 e. The molecule has 0 aliphatic rings. The Labute approximate surface area is 89.5 Å². The molecule has 4 heteroatoms. The fourth-order valence-electron chi connectivity index (χ4n) is 1.19. The summed E-state index contributed by atoms with van der Waals surface area (Å²) >= 11 is 5.08. The number of nitrogens with one attached hydrogen (secondary N) is 1. The number of aromatic nitrogens is 2. The second-order valence-electron chi connectivity index (χ2n) is 3.37. The molecular formula is C10H16N2OS. The van der Waals surface area contributed by atoms with Crippen LogP contribution in [0, 0.1) is 4.64 Å². The fraction of sp³-hybridized carbons (Fsp3) is 0.600. The average molecular weight is 212 g/mol. The first kappa shape index (κ1) is 11.3. The van der Waals surface area contributed by atoms with Gasteiger partial charge in [-0.25, -0.2) is 4.98 Å². The van der Waals surface area contributed by atoms with E-state index in [1.165, 1.54) is 0 Å². The van der Waals surface area contributed by atoms with Gasteiger partial charge in [-0.15, -0.1) is 0 Å². The van der Waals surface area contributed by atoms with Crippen LogP contribution in [0.15, 0.2) is 6.07 Å². The van der Waals surface area contributed by atoms with Crippen molar-refractivity contribution >= 4 is 12.2 Å². The molecule has 1 aromatic heterocycles. The van der Waals surface area contributed by atoms with E-state index in [9.17, 15) is 0 Å². The summed E-state index contributed by atoms with van der Waals surface area (Å²) in [6.07, 6.45) is 1.05. The Bertz CT molecular complexity index is 348. The van der Waals surface area contributed by atoms with Gasteiger partial charge >= 0.3 is 0 Å². The minimum absolute atomic E-state index is 0.411. The van der Waals surface area contributed by atoms with Crippen LogP contribution in [0.1, 0.15) is 37.7 Å². The predicted octanol–water partition coefficient (Wildman–Crippen LogP) is 2.80. The van der Waals surface area contributed by atoms with E-state index < -0.39 is 0 Å². The molecule has 0 saturated carbocycles. The van der Waals surface area contributed by atoms with Crippen LogP contribution in [0.4, 0.5) is 0 Å².